The minimum Gasteiger partial charge on any atom is -0.381 e. The van der Waals surface area contributed by atoms with Gasteiger partial charge >= 0.3 is 0 Å². The highest BCUT2D eigenvalue weighted by Gasteiger charge is 2.19. The summed E-state index contributed by atoms with van der Waals surface area (Å²) < 4.78 is 8.16. The van der Waals surface area contributed by atoms with Crippen LogP contribution in [0.3, 0.4) is 0 Å². The molecular formula is C11H12IN3O. The Hall–Kier alpha value is -0.690. The molecule has 4 nitrogen and oxygen atoms in total. The topological polar surface area (TPSA) is 39.4 Å². The zero-order valence-electron chi connectivity index (χ0n) is 8.77. The predicted molar refractivity (Wildman–Crippen MR) is 68.5 cm³/mol. The Labute approximate surface area is 107 Å². The highest BCUT2D eigenvalue weighted by Crippen LogP contribution is 2.26. The molecular weight excluding hydrogens is 317 g/mol. The molecule has 2 aromatic rings. The summed E-state index contributed by atoms with van der Waals surface area (Å²) in [5, 5.41) is 4.44. The van der Waals surface area contributed by atoms with Gasteiger partial charge in [0.2, 0.25) is 3.83 Å². The number of pyridine rings is 1. The van der Waals surface area contributed by atoms with E-state index in [9.17, 15) is 0 Å². The summed E-state index contributed by atoms with van der Waals surface area (Å²) in [4.78, 5) is 4.38. The van der Waals surface area contributed by atoms with Gasteiger partial charge in [0.1, 0.15) is 0 Å². The number of nitrogens with zero attached hydrogens (tertiary/aromatic N) is 3. The molecule has 0 aliphatic carbocycles. The van der Waals surface area contributed by atoms with Gasteiger partial charge in [0.15, 0.2) is 5.65 Å². The molecule has 1 aliphatic rings. The average molecular weight is 329 g/mol. The van der Waals surface area contributed by atoms with Crippen LogP contribution in [0.2, 0.25) is 0 Å². The lowest BCUT2D eigenvalue weighted by Crippen LogP contribution is -2.16. The molecule has 0 saturated carbocycles. The number of fused-ring (bicyclic) bond motifs is 1. The summed E-state index contributed by atoms with van der Waals surface area (Å²) in [6.07, 6.45) is 2.16. The third-order valence-electron chi connectivity index (χ3n) is 3.00. The molecule has 0 N–H and O–H groups in total. The van der Waals surface area contributed by atoms with E-state index in [0.29, 0.717) is 5.92 Å². The van der Waals surface area contributed by atoms with E-state index in [1.54, 1.807) is 0 Å². The number of rotatable bonds is 1. The Morgan fingerprint density at radius 1 is 1.31 bits per heavy atom. The third-order valence-corrected chi connectivity index (χ3v) is 3.46. The fraction of sp³-hybridized carbons (Fsp3) is 0.455. The van der Waals surface area contributed by atoms with E-state index in [2.05, 4.69) is 44.8 Å². The number of hydrogen-bond acceptors (Lipinski definition) is 3. The van der Waals surface area contributed by atoms with Crippen molar-refractivity contribution in [2.45, 2.75) is 18.8 Å². The summed E-state index contributed by atoms with van der Waals surface area (Å²) in [7, 11) is 0. The minimum absolute atomic E-state index is 0.551. The maximum absolute atomic E-state index is 5.39. The summed E-state index contributed by atoms with van der Waals surface area (Å²) in [6.45, 7) is 1.71. The molecule has 1 fully saturated rings. The first-order valence-corrected chi connectivity index (χ1v) is 6.51. The smallest absolute Gasteiger partial charge is 0.212 e. The van der Waals surface area contributed by atoms with Crippen molar-refractivity contribution in [2.24, 2.45) is 0 Å². The monoisotopic (exact) mass is 329 g/mol. The normalized spacial score (nSPS) is 18.1. The fourth-order valence-electron chi connectivity index (χ4n) is 2.20. The first kappa shape index (κ1) is 10.5. The van der Waals surface area contributed by atoms with Crippen LogP contribution < -0.4 is 0 Å². The molecule has 3 rings (SSSR count). The molecule has 0 spiro atoms. The zero-order valence-corrected chi connectivity index (χ0v) is 10.9. The second-order valence-corrected chi connectivity index (χ2v) is 4.95. The second-order valence-electron chi connectivity index (χ2n) is 3.99. The SMILES string of the molecule is Ic1nc2cccc(C3CCOCC3)n2n1. The lowest BCUT2D eigenvalue weighted by atomic mass is 9.96. The van der Waals surface area contributed by atoms with Crippen molar-refractivity contribution < 1.29 is 4.74 Å². The van der Waals surface area contributed by atoms with Gasteiger partial charge < -0.3 is 4.74 Å². The van der Waals surface area contributed by atoms with Crippen LogP contribution in [0.5, 0.6) is 0 Å². The standard InChI is InChI=1S/C11H12IN3O/c12-11-13-10-3-1-2-9(15(10)14-11)8-4-6-16-7-5-8/h1-3,8H,4-7H2. The molecule has 3 heterocycles. The molecule has 0 unspecified atom stereocenters. The predicted octanol–water partition coefficient (Wildman–Crippen LogP) is 2.23. The quantitative estimate of drug-likeness (QED) is 0.753. The Balaban J connectivity index is 2.07. The Kier molecular flexibility index (Phi) is 2.81. The van der Waals surface area contributed by atoms with Crippen LogP contribution in [0.1, 0.15) is 24.5 Å². The Bertz CT molecular complexity index is 505. The van der Waals surface area contributed by atoms with Gasteiger partial charge in [-0.3, -0.25) is 0 Å². The van der Waals surface area contributed by atoms with Crippen LogP contribution in [0.15, 0.2) is 18.2 Å². The zero-order chi connectivity index (χ0) is 11.0. The second kappa shape index (κ2) is 4.29. The molecule has 0 radical (unpaired) electrons. The Morgan fingerprint density at radius 3 is 2.94 bits per heavy atom. The highest BCUT2D eigenvalue weighted by molar-refractivity contribution is 14.1. The molecule has 0 amide bonds. The van der Waals surface area contributed by atoms with E-state index in [-0.39, 0.29) is 0 Å². The van der Waals surface area contributed by atoms with Gasteiger partial charge in [0.25, 0.3) is 0 Å². The summed E-state index contributed by atoms with van der Waals surface area (Å²) in [5.41, 5.74) is 2.20. The van der Waals surface area contributed by atoms with Crippen LogP contribution in [-0.2, 0) is 4.74 Å². The van der Waals surface area contributed by atoms with E-state index in [0.717, 1.165) is 35.5 Å². The van der Waals surface area contributed by atoms with Crippen LogP contribution in [0, 0.1) is 3.83 Å². The molecule has 1 saturated heterocycles. The van der Waals surface area contributed by atoms with Crippen LogP contribution in [0.25, 0.3) is 5.65 Å². The first-order valence-electron chi connectivity index (χ1n) is 5.43. The largest absolute Gasteiger partial charge is 0.381 e. The molecule has 16 heavy (non-hydrogen) atoms. The maximum atomic E-state index is 5.39. The van der Waals surface area contributed by atoms with Crippen LogP contribution in [-0.4, -0.2) is 27.8 Å². The third kappa shape index (κ3) is 1.82. The van der Waals surface area contributed by atoms with Crippen molar-refractivity contribution >= 4 is 28.2 Å². The van der Waals surface area contributed by atoms with E-state index in [1.807, 2.05) is 10.6 Å². The van der Waals surface area contributed by atoms with Crippen LogP contribution >= 0.6 is 22.6 Å². The van der Waals surface area contributed by atoms with E-state index < -0.39 is 0 Å². The van der Waals surface area contributed by atoms with Gasteiger partial charge in [-0.1, -0.05) is 6.07 Å². The lowest BCUT2D eigenvalue weighted by molar-refractivity contribution is 0.0841. The van der Waals surface area contributed by atoms with Crippen molar-refractivity contribution in [2.75, 3.05) is 13.2 Å². The van der Waals surface area contributed by atoms with E-state index in [1.165, 1.54) is 5.69 Å². The first-order chi connectivity index (χ1) is 7.84. The van der Waals surface area contributed by atoms with E-state index >= 15 is 0 Å². The summed E-state index contributed by atoms with van der Waals surface area (Å²) >= 11 is 2.15. The molecule has 1 aliphatic heterocycles. The van der Waals surface area contributed by atoms with Crippen molar-refractivity contribution in [3.05, 3.63) is 27.7 Å². The van der Waals surface area contributed by atoms with Crippen LogP contribution in [0.4, 0.5) is 0 Å². The fourth-order valence-corrected chi connectivity index (χ4v) is 2.66. The van der Waals surface area contributed by atoms with Crippen molar-refractivity contribution in [3.8, 4) is 0 Å². The summed E-state index contributed by atoms with van der Waals surface area (Å²) in [5.74, 6) is 0.551. The highest BCUT2D eigenvalue weighted by atomic mass is 127. The van der Waals surface area contributed by atoms with Gasteiger partial charge in [-0.2, -0.15) is 0 Å². The number of halogens is 1. The van der Waals surface area contributed by atoms with Gasteiger partial charge in [0.05, 0.1) is 0 Å². The van der Waals surface area contributed by atoms with E-state index in [4.69, 9.17) is 4.74 Å². The number of hydrogen-bond donors (Lipinski definition) is 0. The molecule has 0 aromatic carbocycles. The van der Waals surface area contributed by atoms with Crippen molar-refractivity contribution in [3.63, 3.8) is 0 Å². The van der Waals surface area contributed by atoms with Gasteiger partial charge in [0, 0.05) is 47.4 Å². The molecule has 5 heteroatoms. The van der Waals surface area contributed by atoms with Crippen molar-refractivity contribution in [1.82, 2.24) is 14.6 Å². The van der Waals surface area contributed by atoms with Gasteiger partial charge in [-0.25, -0.2) is 9.50 Å². The maximum Gasteiger partial charge on any atom is 0.212 e. The lowest BCUT2D eigenvalue weighted by Gasteiger charge is -2.22. The van der Waals surface area contributed by atoms with Gasteiger partial charge in [-0.15, -0.1) is 5.10 Å². The average Bonchev–Trinajstić information content (AvgIpc) is 2.70. The number of ether oxygens (including phenoxy) is 1. The Morgan fingerprint density at radius 2 is 2.12 bits per heavy atom. The molecule has 0 atom stereocenters. The summed E-state index contributed by atoms with van der Waals surface area (Å²) in [6, 6.07) is 6.20. The molecule has 0 bridgehead atoms. The van der Waals surface area contributed by atoms with Gasteiger partial charge in [-0.05, 0) is 25.0 Å². The number of aromatic nitrogens is 3. The minimum atomic E-state index is 0.551. The molecule has 2 aromatic heterocycles. The molecule has 84 valence electrons. The van der Waals surface area contributed by atoms with Crippen molar-refractivity contribution in [1.29, 1.82) is 0 Å².